The number of methoxy groups -OCH3 is 1. The highest BCUT2D eigenvalue weighted by Crippen LogP contribution is 2.28. The highest BCUT2D eigenvalue weighted by molar-refractivity contribution is 7.89. The number of ether oxygens (including phenoxy) is 2. The van der Waals surface area contributed by atoms with Crippen molar-refractivity contribution >= 4 is 16.0 Å². The van der Waals surface area contributed by atoms with Gasteiger partial charge in [-0.1, -0.05) is 11.8 Å². The van der Waals surface area contributed by atoms with Gasteiger partial charge in [0.2, 0.25) is 10.0 Å². The fourth-order valence-electron chi connectivity index (χ4n) is 2.02. The molecule has 0 aliphatic carbocycles. The van der Waals surface area contributed by atoms with E-state index in [2.05, 4.69) is 21.3 Å². The van der Waals surface area contributed by atoms with Gasteiger partial charge in [0.25, 0.3) is 0 Å². The third-order valence-corrected chi connectivity index (χ3v) is 4.93. The van der Waals surface area contributed by atoms with Crippen LogP contribution in [0.3, 0.4) is 0 Å². The van der Waals surface area contributed by atoms with Gasteiger partial charge < -0.3 is 9.47 Å². The van der Waals surface area contributed by atoms with Crippen molar-refractivity contribution in [1.82, 2.24) is 4.72 Å². The third kappa shape index (κ3) is 6.81. The van der Waals surface area contributed by atoms with Crippen molar-refractivity contribution in [3.63, 3.8) is 0 Å². The summed E-state index contributed by atoms with van der Waals surface area (Å²) >= 11 is 0. The van der Waals surface area contributed by atoms with E-state index in [9.17, 15) is 26.4 Å². The molecule has 0 saturated heterocycles. The molecule has 2 aromatic rings. The molecule has 0 aliphatic heterocycles. The third-order valence-electron chi connectivity index (χ3n) is 3.51. The van der Waals surface area contributed by atoms with Crippen molar-refractivity contribution in [2.75, 3.05) is 20.3 Å². The van der Waals surface area contributed by atoms with Crippen LogP contribution >= 0.6 is 0 Å². The number of carbonyl (C=O) groups excluding carboxylic acids is 1. The molecule has 0 radical (unpaired) electrons. The van der Waals surface area contributed by atoms with Gasteiger partial charge in [-0.15, -0.1) is 0 Å². The Balaban J connectivity index is 1.93. The number of halogens is 3. The average molecular weight is 427 g/mol. The first-order valence-corrected chi connectivity index (χ1v) is 9.55. The van der Waals surface area contributed by atoms with Crippen molar-refractivity contribution < 1.29 is 35.9 Å². The van der Waals surface area contributed by atoms with E-state index < -0.39 is 27.7 Å². The highest BCUT2D eigenvalue weighted by Gasteiger charge is 2.29. The lowest BCUT2D eigenvalue weighted by molar-refractivity contribution is -0.143. The molecule has 0 fully saturated rings. The summed E-state index contributed by atoms with van der Waals surface area (Å²) in [5, 5.41) is 0. The maximum Gasteiger partial charge on any atom is 0.416 e. The van der Waals surface area contributed by atoms with Crippen LogP contribution in [-0.4, -0.2) is 34.6 Å². The van der Waals surface area contributed by atoms with Crippen LogP contribution in [0.2, 0.25) is 0 Å². The Morgan fingerprint density at radius 2 is 1.69 bits per heavy atom. The summed E-state index contributed by atoms with van der Waals surface area (Å²) in [7, 11) is -2.63. The first kappa shape index (κ1) is 22.3. The van der Waals surface area contributed by atoms with Gasteiger partial charge in [0.1, 0.15) is 5.75 Å². The van der Waals surface area contributed by atoms with Gasteiger partial charge in [-0.25, -0.2) is 13.2 Å². The second-order valence-corrected chi connectivity index (χ2v) is 7.30. The predicted octanol–water partition coefficient (Wildman–Crippen LogP) is 2.59. The van der Waals surface area contributed by atoms with E-state index in [1.807, 2.05) is 0 Å². The number of rotatable bonds is 6. The predicted molar refractivity (Wildman–Crippen MR) is 97.5 cm³/mol. The van der Waals surface area contributed by atoms with Gasteiger partial charge >= 0.3 is 12.1 Å². The lowest BCUT2D eigenvalue weighted by atomic mass is 10.1. The van der Waals surface area contributed by atoms with Gasteiger partial charge in [-0.2, -0.15) is 17.9 Å². The molecule has 0 amide bonds. The summed E-state index contributed by atoms with van der Waals surface area (Å²) in [6.45, 7) is -0.537. The number of benzene rings is 2. The molecule has 10 heteroatoms. The minimum absolute atomic E-state index is 0.0424. The van der Waals surface area contributed by atoms with Crippen LogP contribution < -0.4 is 9.46 Å². The zero-order valence-electron chi connectivity index (χ0n) is 15.1. The Morgan fingerprint density at radius 1 is 1.07 bits per heavy atom. The Kier molecular flexibility index (Phi) is 7.25. The van der Waals surface area contributed by atoms with Crippen LogP contribution in [0.5, 0.6) is 5.75 Å². The van der Waals surface area contributed by atoms with Gasteiger partial charge in [-0.05, 0) is 48.5 Å². The molecule has 0 aromatic heterocycles. The quantitative estimate of drug-likeness (QED) is 0.566. The Morgan fingerprint density at radius 3 is 2.24 bits per heavy atom. The Hall–Kier alpha value is -3.03. The number of alkyl halides is 3. The Bertz CT molecular complexity index is 1010. The van der Waals surface area contributed by atoms with Gasteiger partial charge in [0.15, 0.2) is 6.61 Å². The van der Waals surface area contributed by atoms with Gasteiger partial charge in [0.05, 0.1) is 24.1 Å². The molecule has 0 atom stereocenters. The molecule has 0 bridgehead atoms. The van der Waals surface area contributed by atoms with Crippen molar-refractivity contribution in [1.29, 1.82) is 0 Å². The van der Waals surface area contributed by atoms with Crippen LogP contribution in [-0.2, 0) is 25.7 Å². The number of hydrogen-bond acceptors (Lipinski definition) is 5. The molecule has 154 valence electrons. The smallest absolute Gasteiger partial charge is 0.416 e. The average Bonchev–Trinajstić information content (AvgIpc) is 2.69. The molecule has 0 aliphatic rings. The zero-order valence-corrected chi connectivity index (χ0v) is 15.9. The summed E-state index contributed by atoms with van der Waals surface area (Å²) in [4.78, 5) is 11.0. The van der Waals surface area contributed by atoms with Crippen LogP contribution in [0.1, 0.15) is 11.1 Å². The van der Waals surface area contributed by atoms with E-state index >= 15 is 0 Å². The van der Waals surface area contributed by atoms with Crippen LogP contribution in [0.25, 0.3) is 0 Å². The van der Waals surface area contributed by atoms with E-state index in [0.29, 0.717) is 5.56 Å². The first-order chi connectivity index (χ1) is 13.6. The standard InChI is InChI=1S/C19H16F3NO5S/c1-27-18(24)13-28-16-8-10-17(11-9-16)29(25,26)23-12-2-3-14-4-6-15(7-5-14)19(20,21)22/h4-11,23H,12-13H2,1H3. The van der Waals surface area contributed by atoms with Crippen molar-refractivity contribution in [2.45, 2.75) is 11.1 Å². The highest BCUT2D eigenvalue weighted by atomic mass is 32.2. The van der Waals surface area contributed by atoms with E-state index in [4.69, 9.17) is 4.74 Å². The van der Waals surface area contributed by atoms with Crippen LogP contribution in [0, 0.1) is 11.8 Å². The lowest BCUT2D eigenvalue weighted by Crippen LogP contribution is -2.24. The molecule has 2 rings (SSSR count). The molecule has 0 saturated carbocycles. The molecule has 6 nitrogen and oxygen atoms in total. The largest absolute Gasteiger partial charge is 0.482 e. The van der Waals surface area contributed by atoms with Crippen molar-refractivity contribution in [2.24, 2.45) is 0 Å². The second-order valence-electron chi connectivity index (χ2n) is 5.54. The molecular weight excluding hydrogens is 411 g/mol. The molecule has 29 heavy (non-hydrogen) atoms. The molecule has 1 N–H and O–H groups in total. The number of nitrogens with one attached hydrogen (secondary N) is 1. The summed E-state index contributed by atoms with van der Waals surface area (Å²) in [6.07, 6.45) is -4.43. The zero-order chi connectivity index (χ0) is 21.5. The van der Waals surface area contributed by atoms with E-state index in [1.165, 1.54) is 43.5 Å². The van der Waals surface area contributed by atoms with Gasteiger partial charge in [-0.3, -0.25) is 0 Å². The van der Waals surface area contributed by atoms with E-state index in [0.717, 1.165) is 12.1 Å². The van der Waals surface area contributed by atoms with E-state index in [1.54, 1.807) is 0 Å². The molecule has 0 spiro atoms. The molecule has 2 aromatic carbocycles. The number of hydrogen-bond donors (Lipinski definition) is 1. The van der Waals surface area contributed by atoms with Crippen molar-refractivity contribution in [3.05, 3.63) is 59.7 Å². The Labute approximate surface area is 165 Å². The summed E-state index contributed by atoms with van der Waals surface area (Å²) in [6, 6.07) is 9.55. The topological polar surface area (TPSA) is 81.7 Å². The molecule has 0 unspecified atom stereocenters. The molecule has 0 heterocycles. The number of carbonyl (C=O) groups is 1. The van der Waals surface area contributed by atoms with Crippen molar-refractivity contribution in [3.8, 4) is 17.6 Å². The summed E-state index contributed by atoms with van der Waals surface area (Å²) in [5.74, 6) is 4.83. The summed E-state index contributed by atoms with van der Waals surface area (Å²) in [5.41, 5.74) is -0.466. The normalized spacial score (nSPS) is 11.3. The fourth-order valence-corrected chi connectivity index (χ4v) is 2.94. The second kappa shape index (κ2) is 9.45. The van der Waals surface area contributed by atoms with E-state index in [-0.39, 0.29) is 23.8 Å². The monoisotopic (exact) mass is 427 g/mol. The lowest BCUT2D eigenvalue weighted by Gasteiger charge is -2.07. The maximum atomic E-state index is 12.5. The summed E-state index contributed by atoms with van der Waals surface area (Å²) < 4.78 is 73.7. The minimum atomic E-state index is -4.43. The van der Waals surface area contributed by atoms with Gasteiger partial charge in [0, 0.05) is 5.56 Å². The fraction of sp³-hybridized carbons (Fsp3) is 0.211. The number of esters is 1. The minimum Gasteiger partial charge on any atom is -0.482 e. The maximum absolute atomic E-state index is 12.5. The van der Waals surface area contributed by atoms with Crippen LogP contribution in [0.4, 0.5) is 13.2 Å². The SMILES string of the molecule is COC(=O)COc1ccc(S(=O)(=O)NCC#Cc2ccc(C(F)(F)F)cc2)cc1. The molecular formula is C19H16F3NO5S. The first-order valence-electron chi connectivity index (χ1n) is 8.07. The number of sulfonamides is 1. The van der Waals surface area contributed by atoms with Crippen LogP contribution in [0.15, 0.2) is 53.4 Å².